The summed E-state index contributed by atoms with van der Waals surface area (Å²) in [4.78, 5) is 25.6. The minimum atomic E-state index is -0.756. The Morgan fingerprint density at radius 1 is 1.32 bits per heavy atom. The van der Waals surface area contributed by atoms with Crippen LogP contribution in [0.5, 0.6) is 0 Å². The molecule has 0 atom stereocenters. The van der Waals surface area contributed by atoms with Crippen molar-refractivity contribution in [3.63, 3.8) is 0 Å². The number of aromatic amines is 1. The molecule has 0 aliphatic rings. The summed E-state index contributed by atoms with van der Waals surface area (Å²) in [5.74, 6) is -0.400. The number of rotatable bonds is 6. The van der Waals surface area contributed by atoms with Gasteiger partial charge in [-0.15, -0.1) is 0 Å². The second kappa shape index (κ2) is 6.80. The van der Waals surface area contributed by atoms with E-state index >= 15 is 0 Å². The van der Waals surface area contributed by atoms with Crippen LogP contribution in [0.4, 0.5) is 10.6 Å². The van der Waals surface area contributed by atoms with Gasteiger partial charge in [0.15, 0.2) is 0 Å². The molecule has 0 bridgehead atoms. The molecular formula is C16H20N4O2. The zero-order chi connectivity index (χ0) is 16.1. The monoisotopic (exact) mass is 300 g/mol. The smallest absolute Gasteiger partial charge is 0.317 e. The number of carbonyl (C=O) groups is 2. The van der Waals surface area contributed by atoms with Crippen molar-refractivity contribution in [3.8, 4) is 0 Å². The molecule has 1 heterocycles. The van der Waals surface area contributed by atoms with Crippen LogP contribution in [0, 0.1) is 0 Å². The maximum atomic E-state index is 11.6. The van der Waals surface area contributed by atoms with Crippen LogP contribution < -0.4 is 16.8 Å². The van der Waals surface area contributed by atoms with E-state index < -0.39 is 11.9 Å². The fraction of sp³-hybridized carbons (Fsp3) is 0.250. The van der Waals surface area contributed by atoms with Crippen molar-refractivity contribution in [1.82, 2.24) is 4.98 Å². The molecule has 0 saturated carbocycles. The van der Waals surface area contributed by atoms with Gasteiger partial charge in [0.2, 0.25) is 0 Å². The second-order valence-electron chi connectivity index (χ2n) is 5.08. The number of urea groups is 1. The number of aromatic nitrogens is 1. The summed E-state index contributed by atoms with van der Waals surface area (Å²) in [7, 11) is 0. The summed E-state index contributed by atoms with van der Waals surface area (Å²) in [5, 5.41) is 3.04. The number of amides is 3. The number of carbonyl (C=O) groups excluding carboxylic acids is 2. The van der Waals surface area contributed by atoms with Gasteiger partial charge in [-0.05, 0) is 18.1 Å². The molecule has 0 aliphatic heterocycles. The van der Waals surface area contributed by atoms with Gasteiger partial charge in [0.05, 0.1) is 5.56 Å². The van der Waals surface area contributed by atoms with Crippen molar-refractivity contribution in [3.05, 3.63) is 35.4 Å². The molecule has 6 nitrogen and oxygen atoms in total. The van der Waals surface area contributed by atoms with Crippen molar-refractivity contribution < 1.29 is 9.59 Å². The third-order valence-electron chi connectivity index (χ3n) is 3.35. The number of benzene rings is 1. The number of hydrogen-bond acceptors (Lipinski definition) is 2. The van der Waals surface area contributed by atoms with Gasteiger partial charge in [-0.2, -0.15) is 0 Å². The number of unbranched alkanes of at least 4 members (excludes halogenated alkanes) is 2. The Balaban J connectivity index is 2.39. The van der Waals surface area contributed by atoms with E-state index in [1.807, 2.05) is 18.2 Å². The van der Waals surface area contributed by atoms with Gasteiger partial charge in [-0.1, -0.05) is 44.1 Å². The van der Waals surface area contributed by atoms with Crippen LogP contribution in [0.2, 0.25) is 0 Å². The number of nitrogens with two attached hydrogens (primary N) is 2. The van der Waals surface area contributed by atoms with Gasteiger partial charge in [0.25, 0.3) is 5.91 Å². The van der Waals surface area contributed by atoms with Gasteiger partial charge in [-0.3, -0.25) is 10.1 Å². The maximum absolute atomic E-state index is 11.6. The minimum absolute atomic E-state index is 0.224. The van der Waals surface area contributed by atoms with Crippen LogP contribution in [-0.4, -0.2) is 16.9 Å². The number of primary amides is 2. The van der Waals surface area contributed by atoms with Crippen LogP contribution in [-0.2, 0) is 0 Å². The molecule has 0 spiro atoms. The van der Waals surface area contributed by atoms with E-state index in [9.17, 15) is 9.59 Å². The molecule has 0 aliphatic carbocycles. The number of hydrogen-bond donors (Lipinski definition) is 4. The van der Waals surface area contributed by atoms with E-state index in [1.165, 1.54) is 0 Å². The SMILES string of the molecule is CCCCC=Cc1ccc2c(C(N)=O)c(NC(N)=O)[nH]c2c1. The number of nitrogens with one attached hydrogen (secondary N) is 2. The second-order valence-corrected chi connectivity index (χ2v) is 5.08. The lowest BCUT2D eigenvalue weighted by molar-refractivity contribution is 0.100. The molecule has 0 radical (unpaired) electrons. The summed E-state index contributed by atoms with van der Waals surface area (Å²) in [6.07, 6.45) is 7.48. The van der Waals surface area contributed by atoms with Crippen molar-refractivity contribution in [2.45, 2.75) is 26.2 Å². The van der Waals surface area contributed by atoms with Gasteiger partial charge in [0.1, 0.15) is 5.82 Å². The molecule has 6 N–H and O–H groups in total. The molecule has 6 heteroatoms. The highest BCUT2D eigenvalue weighted by molar-refractivity contribution is 6.13. The number of allylic oxidation sites excluding steroid dienone is 1. The van der Waals surface area contributed by atoms with E-state index in [-0.39, 0.29) is 11.4 Å². The van der Waals surface area contributed by atoms with Gasteiger partial charge in [0, 0.05) is 10.9 Å². The molecule has 116 valence electrons. The van der Waals surface area contributed by atoms with Gasteiger partial charge < -0.3 is 16.5 Å². The Kier molecular flexibility index (Phi) is 4.83. The van der Waals surface area contributed by atoms with Crippen LogP contribution in [0.25, 0.3) is 17.0 Å². The predicted octanol–water partition coefficient (Wildman–Crippen LogP) is 2.96. The van der Waals surface area contributed by atoms with Crippen molar-refractivity contribution >= 4 is 34.7 Å². The summed E-state index contributed by atoms with van der Waals surface area (Å²) in [6, 6.07) is 4.85. The summed E-state index contributed by atoms with van der Waals surface area (Å²) < 4.78 is 0. The third-order valence-corrected chi connectivity index (χ3v) is 3.35. The molecular weight excluding hydrogens is 280 g/mol. The first-order chi connectivity index (χ1) is 10.5. The molecule has 2 rings (SSSR count). The lowest BCUT2D eigenvalue weighted by Gasteiger charge is -2.00. The van der Waals surface area contributed by atoms with E-state index in [0.717, 1.165) is 30.3 Å². The molecule has 2 aromatic rings. The molecule has 3 amide bonds. The lowest BCUT2D eigenvalue weighted by Crippen LogP contribution is -2.22. The largest absolute Gasteiger partial charge is 0.365 e. The fourth-order valence-electron chi connectivity index (χ4n) is 2.33. The molecule has 0 unspecified atom stereocenters. The topological polar surface area (TPSA) is 114 Å². The van der Waals surface area contributed by atoms with E-state index in [1.54, 1.807) is 6.07 Å². The van der Waals surface area contributed by atoms with Gasteiger partial charge in [-0.25, -0.2) is 4.79 Å². The molecule has 1 aromatic heterocycles. The first kappa shape index (κ1) is 15.6. The molecule has 22 heavy (non-hydrogen) atoms. The van der Waals surface area contributed by atoms with Crippen LogP contribution >= 0.6 is 0 Å². The van der Waals surface area contributed by atoms with E-state index in [0.29, 0.717) is 5.39 Å². The van der Waals surface area contributed by atoms with Crippen molar-refractivity contribution in [2.75, 3.05) is 5.32 Å². The molecule has 0 fully saturated rings. The molecule has 1 aromatic carbocycles. The van der Waals surface area contributed by atoms with Gasteiger partial charge >= 0.3 is 6.03 Å². The Morgan fingerprint density at radius 3 is 2.73 bits per heavy atom. The minimum Gasteiger partial charge on any atom is -0.365 e. The highest BCUT2D eigenvalue weighted by atomic mass is 16.2. The number of anilines is 1. The van der Waals surface area contributed by atoms with E-state index in [4.69, 9.17) is 11.5 Å². The van der Waals surface area contributed by atoms with Crippen LogP contribution in [0.3, 0.4) is 0 Å². The average molecular weight is 300 g/mol. The van der Waals surface area contributed by atoms with Crippen molar-refractivity contribution in [2.24, 2.45) is 11.5 Å². The first-order valence-electron chi connectivity index (χ1n) is 7.21. The first-order valence-corrected chi connectivity index (χ1v) is 7.21. The molecule has 0 saturated heterocycles. The Morgan fingerprint density at radius 2 is 2.09 bits per heavy atom. The fourth-order valence-corrected chi connectivity index (χ4v) is 2.33. The quantitative estimate of drug-likeness (QED) is 0.614. The summed E-state index contributed by atoms with van der Waals surface area (Å²) in [6.45, 7) is 2.15. The number of H-pyrrole nitrogens is 1. The highest BCUT2D eigenvalue weighted by Crippen LogP contribution is 2.27. The standard InChI is InChI=1S/C16H20N4O2/c1-2-3-4-5-6-10-7-8-11-12(9-10)19-15(20-16(18)22)13(11)14(17)21/h5-9,19H,2-4H2,1H3,(H2,17,21)(H3,18,20,22). The third kappa shape index (κ3) is 3.46. The predicted molar refractivity (Wildman–Crippen MR) is 88.6 cm³/mol. The Bertz CT molecular complexity index is 731. The Labute approximate surface area is 128 Å². The zero-order valence-corrected chi connectivity index (χ0v) is 12.5. The Hall–Kier alpha value is -2.76. The number of fused-ring (bicyclic) bond motifs is 1. The van der Waals surface area contributed by atoms with Crippen molar-refractivity contribution in [1.29, 1.82) is 0 Å². The average Bonchev–Trinajstić information content (AvgIpc) is 2.79. The van der Waals surface area contributed by atoms with E-state index in [2.05, 4.69) is 23.3 Å². The van der Waals surface area contributed by atoms with Crippen LogP contribution in [0.15, 0.2) is 24.3 Å². The zero-order valence-electron chi connectivity index (χ0n) is 12.5. The maximum Gasteiger partial charge on any atom is 0.317 e. The normalized spacial score (nSPS) is 11.1. The highest BCUT2D eigenvalue weighted by Gasteiger charge is 2.17. The lowest BCUT2D eigenvalue weighted by atomic mass is 10.1. The summed E-state index contributed by atoms with van der Waals surface area (Å²) in [5.41, 5.74) is 12.4. The summed E-state index contributed by atoms with van der Waals surface area (Å²) >= 11 is 0. The van der Waals surface area contributed by atoms with Crippen LogP contribution in [0.1, 0.15) is 42.1 Å².